The van der Waals surface area contributed by atoms with Crippen molar-refractivity contribution in [3.8, 4) is 0 Å². The molecule has 0 aromatic heterocycles. The quantitative estimate of drug-likeness (QED) is 0.157. The molecule has 296 valence electrons. The summed E-state index contributed by atoms with van der Waals surface area (Å²) in [6.07, 6.45) is 0. The van der Waals surface area contributed by atoms with Gasteiger partial charge in [-0.2, -0.15) is 0 Å². The van der Waals surface area contributed by atoms with Crippen LogP contribution in [0.15, 0.2) is 30.3 Å². The summed E-state index contributed by atoms with van der Waals surface area (Å²) in [4.78, 5) is 0. The maximum Gasteiger partial charge on any atom is 0.1000 e. The maximum atomic E-state index is 3.02. The van der Waals surface area contributed by atoms with E-state index in [0.29, 0.717) is 11.8 Å². The second-order valence-electron chi connectivity index (χ2n) is 24.4. The normalized spacial score (nSPS) is 14.8. The third kappa shape index (κ3) is 10.1. The Morgan fingerprint density at radius 3 is 0.846 bits per heavy atom. The summed E-state index contributed by atoms with van der Waals surface area (Å²) in [5.74, 6) is 1.07. The van der Waals surface area contributed by atoms with Gasteiger partial charge in [0.1, 0.15) is 0 Å². The summed E-state index contributed by atoms with van der Waals surface area (Å²) >= 11 is 0. The fourth-order valence-electron chi connectivity index (χ4n) is 12.1. The molecule has 0 heterocycles. The molecular formula is C43H88Si9. The first-order valence-electron chi connectivity index (χ1n) is 20.9. The molecule has 0 saturated heterocycles. The third-order valence-corrected chi connectivity index (χ3v) is 66.5. The van der Waals surface area contributed by atoms with E-state index in [2.05, 4.69) is 207 Å². The van der Waals surface area contributed by atoms with Gasteiger partial charge < -0.3 is 0 Å². The molecule has 0 saturated carbocycles. The zero-order valence-corrected chi connectivity index (χ0v) is 48.8. The summed E-state index contributed by atoms with van der Waals surface area (Å²) in [6.45, 7) is 70.6. The topological polar surface area (TPSA) is 0 Å². The van der Waals surface area contributed by atoms with Crippen LogP contribution in [-0.2, 0) is 0 Å². The van der Waals surface area contributed by atoms with Crippen LogP contribution >= 0.6 is 0 Å². The largest absolute Gasteiger partial charge is 0.1000 e. The van der Waals surface area contributed by atoms with Gasteiger partial charge in [-0.3, -0.25) is 0 Å². The van der Waals surface area contributed by atoms with Gasteiger partial charge in [-0.1, -0.05) is 224 Å². The lowest BCUT2D eigenvalue weighted by molar-refractivity contribution is 0.845. The molecule has 0 aliphatic heterocycles. The van der Waals surface area contributed by atoms with Crippen molar-refractivity contribution >= 4 is 82.6 Å². The molecule has 2 aromatic rings. The molecule has 0 spiro atoms. The average Bonchev–Trinajstić information content (AvgIpc) is 2.84. The van der Waals surface area contributed by atoms with Crippen LogP contribution in [0.25, 0.3) is 0 Å². The summed E-state index contributed by atoms with van der Waals surface area (Å²) in [6, 6.07) is 13.7. The Morgan fingerprint density at radius 1 is 0.385 bits per heavy atom. The fourth-order valence-corrected chi connectivity index (χ4v) is 78.5. The van der Waals surface area contributed by atoms with E-state index in [4.69, 9.17) is 0 Å². The van der Waals surface area contributed by atoms with Gasteiger partial charge in [-0.15, -0.1) is 0 Å². The second kappa shape index (κ2) is 16.3. The minimum atomic E-state index is -2.28. The van der Waals surface area contributed by atoms with Crippen LogP contribution in [-0.4, -0.2) is 72.2 Å². The van der Waals surface area contributed by atoms with Gasteiger partial charge >= 0.3 is 0 Å². The van der Waals surface area contributed by atoms with E-state index in [-0.39, 0.29) is 0 Å². The molecule has 0 unspecified atom stereocenters. The first-order valence-corrected chi connectivity index (χ1v) is 51.3. The van der Waals surface area contributed by atoms with Crippen molar-refractivity contribution in [1.82, 2.24) is 0 Å². The lowest BCUT2D eigenvalue weighted by atomic mass is 9.95. The van der Waals surface area contributed by atoms with Gasteiger partial charge in [-0.25, -0.2) is 0 Å². The zero-order valence-electron chi connectivity index (χ0n) is 39.8. The van der Waals surface area contributed by atoms with Crippen molar-refractivity contribution in [2.45, 2.75) is 199 Å². The summed E-state index contributed by atoms with van der Waals surface area (Å²) in [7, 11) is -13.5. The van der Waals surface area contributed by atoms with Crippen LogP contribution in [0.2, 0.25) is 144 Å². The molecule has 52 heavy (non-hydrogen) atoms. The number of hydrogen-bond donors (Lipinski definition) is 0. The third-order valence-electron chi connectivity index (χ3n) is 12.0. The van der Waals surface area contributed by atoms with Crippen LogP contribution in [0.5, 0.6) is 0 Å². The molecule has 0 aliphatic carbocycles. The highest BCUT2D eigenvalue weighted by atomic mass is 29.6. The Hall–Kier alpha value is 0.392. The molecule has 0 amide bonds. The van der Waals surface area contributed by atoms with Crippen LogP contribution in [0.3, 0.4) is 0 Å². The van der Waals surface area contributed by atoms with Gasteiger partial charge in [0.15, 0.2) is 0 Å². The smallest absolute Gasteiger partial charge is 0.0729 e. The highest BCUT2D eigenvalue weighted by Gasteiger charge is 2.55. The minimum Gasteiger partial charge on any atom is -0.0729 e. The Bertz CT molecular complexity index is 1380. The van der Waals surface area contributed by atoms with E-state index in [1.54, 1.807) is 16.7 Å². The van der Waals surface area contributed by atoms with Crippen molar-refractivity contribution in [1.29, 1.82) is 0 Å². The van der Waals surface area contributed by atoms with E-state index in [0.717, 1.165) is 15.5 Å². The lowest BCUT2D eigenvalue weighted by Gasteiger charge is -2.52. The number of hydrogen-bond acceptors (Lipinski definition) is 0. The van der Waals surface area contributed by atoms with Crippen LogP contribution in [0.1, 0.15) is 82.8 Å². The van der Waals surface area contributed by atoms with Crippen LogP contribution < -0.4 is 10.4 Å². The molecule has 0 atom stereocenters. The van der Waals surface area contributed by atoms with Gasteiger partial charge in [-0.05, 0) is 44.0 Å². The summed E-state index contributed by atoms with van der Waals surface area (Å²) in [5.41, 5.74) is 9.07. The molecule has 9 heteroatoms. The Kier molecular flexibility index (Phi) is 15.2. The SMILES string of the molecule is CC(C)c1cccc(C(C)C)c1[Si](c1c(C([Si](C)(C)C)[Si](C)(C)C)cc(C([Si](C)(C)C)[Si](C)(C)C)cc1C([Si](C)(C)C)[Si](C)(C)C)([Si](C)C)[Si](C)C. The Balaban J connectivity index is 3.88. The van der Waals surface area contributed by atoms with E-state index >= 15 is 0 Å². The van der Waals surface area contributed by atoms with E-state index < -0.39 is 72.2 Å². The molecule has 0 bridgehead atoms. The van der Waals surface area contributed by atoms with E-state index in [1.807, 2.05) is 16.3 Å². The highest BCUT2D eigenvalue weighted by molar-refractivity contribution is 7.68. The van der Waals surface area contributed by atoms with Crippen LogP contribution in [0, 0.1) is 0 Å². The summed E-state index contributed by atoms with van der Waals surface area (Å²) in [5, 5.41) is 6.22. The first-order chi connectivity index (χ1) is 23.0. The fraction of sp³-hybridized carbons (Fsp3) is 0.721. The maximum absolute atomic E-state index is 3.02. The van der Waals surface area contributed by atoms with Crippen molar-refractivity contribution in [2.75, 3.05) is 0 Å². The monoisotopic (exact) mass is 856 g/mol. The van der Waals surface area contributed by atoms with Crippen LogP contribution in [0.4, 0.5) is 0 Å². The molecule has 0 N–H and O–H groups in total. The predicted molar refractivity (Wildman–Crippen MR) is 269 cm³/mol. The van der Waals surface area contributed by atoms with E-state index in [1.165, 1.54) is 0 Å². The number of rotatable bonds is 15. The number of benzene rings is 2. The van der Waals surface area contributed by atoms with E-state index in [9.17, 15) is 0 Å². The summed E-state index contributed by atoms with van der Waals surface area (Å²) < 4.78 is 0. The van der Waals surface area contributed by atoms with Gasteiger partial charge in [0.05, 0.1) is 7.11 Å². The first kappa shape index (κ1) is 48.5. The zero-order chi connectivity index (χ0) is 41.1. The molecule has 0 fully saturated rings. The molecule has 2 rings (SSSR count). The molecule has 0 aliphatic rings. The molecule has 2 radical (unpaired) electrons. The Morgan fingerprint density at radius 2 is 0.635 bits per heavy atom. The van der Waals surface area contributed by atoms with Crippen molar-refractivity contribution in [3.05, 3.63) is 58.1 Å². The van der Waals surface area contributed by atoms with Crippen molar-refractivity contribution in [3.63, 3.8) is 0 Å². The second-order valence-corrected chi connectivity index (χ2v) is 76.5. The van der Waals surface area contributed by atoms with Gasteiger partial charge in [0.25, 0.3) is 0 Å². The predicted octanol–water partition coefficient (Wildman–Crippen LogP) is 13.7. The van der Waals surface area contributed by atoms with Gasteiger partial charge in [0.2, 0.25) is 0 Å². The lowest BCUT2D eigenvalue weighted by Crippen LogP contribution is -2.78. The molecule has 0 nitrogen and oxygen atoms in total. The standard InChI is InChI=1S/C43H88Si9/c1-32(2)35-28-27-29-36(33(3)4)39(35)52(44(5)6,45(7)8)40-37(42(48(15,16)17)49(18,19)20)30-34(41(46(9,10)11)47(12,13)14)31-38(40)43(50(21,22)23)51(24,25)26/h27-33,41-43H,1-26H3. The van der Waals surface area contributed by atoms with Crippen molar-refractivity contribution < 1.29 is 0 Å². The molecule has 2 aromatic carbocycles. The highest BCUT2D eigenvalue weighted by Crippen LogP contribution is 2.46. The van der Waals surface area contributed by atoms with Crippen molar-refractivity contribution in [2.24, 2.45) is 0 Å². The van der Waals surface area contributed by atoms with Gasteiger partial charge in [0, 0.05) is 65.1 Å². The average molecular weight is 858 g/mol. The Labute approximate surface area is 337 Å². The molecular weight excluding hydrogens is 769 g/mol. The minimum absolute atomic E-state index is 0.534.